The lowest BCUT2D eigenvalue weighted by Crippen LogP contribution is -2.52. The smallest absolute Gasteiger partial charge is 0.419 e. The van der Waals surface area contributed by atoms with Crippen molar-refractivity contribution in [3.63, 3.8) is 0 Å². The van der Waals surface area contributed by atoms with Crippen molar-refractivity contribution < 1.29 is 27.4 Å². The number of benzene rings is 2. The van der Waals surface area contributed by atoms with E-state index in [9.17, 15) is 18.0 Å². The van der Waals surface area contributed by atoms with Crippen LogP contribution in [0.2, 0.25) is 0 Å². The fraction of sp³-hybridized carbons (Fsp3) is 0.552. The van der Waals surface area contributed by atoms with Gasteiger partial charge in [-0.15, -0.1) is 0 Å². The zero-order valence-corrected chi connectivity index (χ0v) is 20.1. The van der Waals surface area contributed by atoms with Crippen LogP contribution < -0.4 is 9.47 Å². The minimum Gasteiger partial charge on any atom is -0.486 e. The van der Waals surface area contributed by atoms with E-state index in [2.05, 4.69) is 13.8 Å². The molecule has 186 valence electrons. The summed E-state index contributed by atoms with van der Waals surface area (Å²) in [5.41, 5.74) is -1.42. The number of fused-ring (bicyclic) bond motifs is 9. The Labute approximate surface area is 204 Å². The van der Waals surface area contributed by atoms with Gasteiger partial charge < -0.3 is 9.47 Å². The molecule has 6 rings (SSSR count). The topological polar surface area (TPSA) is 35.5 Å². The molecule has 4 bridgehead atoms. The fourth-order valence-corrected chi connectivity index (χ4v) is 8.35. The van der Waals surface area contributed by atoms with E-state index in [4.69, 9.17) is 9.47 Å². The van der Waals surface area contributed by atoms with Gasteiger partial charge in [0.1, 0.15) is 17.1 Å². The normalized spacial score (nSPS) is 34.9. The Morgan fingerprint density at radius 1 is 0.971 bits per heavy atom. The van der Waals surface area contributed by atoms with E-state index < -0.39 is 23.3 Å². The zero-order valence-electron chi connectivity index (χ0n) is 20.1. The van der Waals surface area contributed by atoms with E-state index in [0.717, 1.165) is 30.7 Å². The van der Waals surface area contributed by atoms with Gasteiger partial charge in [-0.25, -0.2) is 4.79 Å². The molecule has 35 heavy (non-hydrogen) atoms. The molecule has 7 atom stereocenters. The number of alkyl halides is 3. The molecule has 4 fully saturated rings. The molecule has 0 heterocycles. The maximum absolute atomic E-state index is 14.1. The molecule has 4 saturated carbocycles. The first-order valence-corrected chi connectivity index (χ1v) is 12.8. The molecule has 2 aromatic carbocycles. The lowest BCUT2D eigenvalue weighted by molar-refractivity contribution is -0.142. The molecule has 6 heteroatoms. The van der Waals surface area contributed by atoms with E-state index in [0.29, 0.717) is 23.5 Å². The minimum atomic E-state index is -4.58. The molecule has 0 aromatic heterocycles. The Morgan fingerprint density at radius 3 is 2.37 bits per heavy atom. The van der Waals surface area contributed by atoms with E-state index in [1.54, 1.807) is 30.3 Å². The van der Waals surface area contributed by atoms with Gasteiger partial charge in [-0.05, 0) is 97.9 Å². The Balaban J connectivity index is 1.35. The number of ether oxygens (including phenoxy) is 2. The molecule has 4 aliphatic rings. The molecule has 4 aliphatic carbocycles. The van der Waals surface area contributed by atoms with E-state index >= 15 is 0 Å². The van der Waals surface area contributed by atoms with Crippen molar-refractivity contribution in [2.75, 3.05) is 0 Å². The van der Waals surface area contributed by atoms with Gasteiger partial charge in [-0.2, -0.15) is 13.2 Å². The lowest BCUT2D eigenvalue weighted by atomic mass is 9.63. The highest BCUT2D eigenvalue weighted by Crippen LogP contribution is 2.71. The largest absolute Gasteiger partial charge is 0.486 e. The fourth-order valence-electron chi connectivity index (χ4n) is 8.35. The Kier molecular flexibility index (Phi) is 5.25. The highest BCUT2D eigenvalue weighted by atomic mass is 19.4. The summed E-state index contributed by atoms with van der Waals surface area (Å²) in [7, 11) is 0. The summed E-state index contributed by atoms with van der Waals surface area (Å²) in [5, 5.41) is 0. The summed E-state index contributed by atoms with van der Waals surface area (Å²) in [6.07, 6.45) is 1.12. The molecule has 0 saturated heterocycles. The Hall–Kier alpha value is -2.50. The SMILES string of the molecule is CC(C)C1(Oc2cc(C(=O)Oc3ccccc3)ccc2C(F)(F)F)CC2CC1C1C3CCC(C3)C21. The second kappa shape index (κ2) is 8.01. The second-order valence-electron chi connectivity index (χ2n) is 11.4. The van der Waals surface area contributed by atoms with Crippen LogP contribution in [0.25, 0.3) is 0 Å². The van der Waals surface area contributed by atoms with Gasteiger partial charge in [0.25, 0.3) is 0 Å². The van der Waals surface area contributed by atoms with Gasteiger partial charge in [-0.1, -0.05) is 32.0 Å². The van der Waals surface area contributed by atoms with Crippen molar-refractivity contribution in [3.05, 3.63) is 59.7 Å². The lowest BCUT2D eigenvalue weighted by Gasteiger charge is -2.49. The van der Waals surface area contributed by atoms with Crippen molar-refractivity contribution >= 4 is 5.97 Å². The van der Waals surface area contributed by atoms with Crippen molar-refractivity contribution in [3.8, 4) is 11.5 Å². The summed E-state index contributed by atoms with van der Waals surface area (Å²) >= 11 is 0. The van der Waals surface area contributed by atoms with Gasteiger partial charge in [0.05, 0.1) is 11.1 Å². The number of esters is 1. The van der Waals surface area contributed by atoms with Crippen molar-refractivity contribution in [1.29, 1.82) is 0 Å². The first-order chi connectivity index (χ1) is 16.7. The van der Waals surface area contributed by atoms with Gasteiger partial charge in [0.15, 0.2) is 0 Å². The van der Waals surface area contributed by atoms with Gasteiger partial charge in [-0.3, -0.25) is 0 Å². The third kappa shape index (κ3) is 3.58. The monoisotopic (exact) mass is 484 g/mol. The molecule has 0 N–H and O–H groups in total. The molecule has 0 spiro atoms. The van der Waals surface area contributed by atoms with E-state index in [-0.39, 0.29) is 23.1 Å². The van der Waals surface area contributed by atoms with Gasteiger partial charge >= 0.3 is 12.1 Å². The van der Waals surface area contributed by atoms with Crippen molar-refractivity contribution in [2.45, 2.75) is 57.7 Å². The summed E-state index contributed by atoms with van der Waals surface area (Å²) < 4.78 is 54.1. The first-order valence-electron chi connectivity index (χ1n) is 12.8. The van der Waals surface area contributed by atoms with Crippen LogP contribution in [0.15, 0.2) is 48.5 Å². The van der Waals surface area contributed by atoms with Crippen molar-refractivity contribution in [2.24, 2.45) is 41.4 Å². The van der Waals surface area contributed by atoms with Crippen LogP contribution in [-0.4, -0.2) is 11.6 Å². The molecular weight excluding hydrogens is 453 g/mol. The molecule has 7 unspecified atom stereocenters. The maximum Gasteiger partial charge on any atom is 0.419 e. The standard InChI is InChI=1S/C29H31F3O3/c1-16(2)28(15-20-13-23(28)26-18-9-8-17(12-18)25(20)26)35-24-14-19(10-11-22(24)29(30,31)32)27(33)34-21-6-4-3-5-7-21/h3-7,10-11,14,16-18,20,23,25-26H,8-9,12-13,15H2,1-2H3. The molecule has 3 nitrogen and oxygen atoms in total. The number of hydrogen-bond acceptors (Lipinski definition) is 3. The minimum absolute atomic E-state index is 0.0525. The summed E-state index contributed by atoms with van der Waals surface area (Å²) in [4.78, 5) is 12.8. The average molecular weight is 485 g/mol. The highest BCUT2D eigenvalue weighted by Gasteiger charge is 2.68. The Morgan fingerprint density at radius 2 is 1.69 bits per heavy atom. The predicted molar refractivity (Wildman–Crippen MR) is 125 cm³/mol. The molecule has 2 aromatic rings. The number of rotatable bonds is 5. The third-order valence-electron chi connectivity index (χ3n) is 9.58. The van der Waals surface area contributed by atoms with Crippen molar-refractivity contribution in [1.82, 2.24) is 0 Å². The highest BCUT2D eigenvalue weighted by molar-refractivity contribution is 5.91. The number of hydrogen-bond donors (Lipinski definition) is 0. The zero-order chi connectivity index (χ0) is 24.5. The van der Waals surface area contributed by atoms with Crippen LogP contribution in [0.3, 0.4) is 0 Å². The van der Waals surface area contributed by atoms with Gasteiger partial charge in [0, 0.05) is 5.92 Å². The molecule has 0 amide bonds. The van der Waals surface area contributed by atoms with Gasteiger partial charge in [0.2, 0.25) is 0 Å². The van der Waals surface area contributed by atoms with E-state index in [1.165, 1.54) is 31.4 Å². The third-order valence-corrected chi connectivity index (χ3v) is 9.58. The summed E-state index contributed by atoms with van der Waals surface area (Å²) in [6, 6.07) is 11.9. The Bertz CT molecular complexity index is 1130. The number of carbonyl (C=O) groups is 1. The van der Waals surface area contributed by atoms with E-state index in [1.807, 2.05) is 0 Å². The molecule has 0 aliphatic heterocycles. The summed E-state index contributed by atoms with van der Waals surface area (Å²) in [6.45, 7) is 4.15. The average Bonchev–Trinajstić information content (AvgIpc) is 3.58. The number of halogens is 3. The predicted octanol–water partition coefficient (Wildman–Crippen LogP) is 7.40. The quantitative estimate of drug-likeness (QED) is 0.252. The summed E-state index contributed by atoms with van der Waals surface area (Å²) in [5.74, 6) is 3.04. The molecular formula is C29H31F3O3. The maximum atomic E-state index is 14.1. The van der Waals surface area contributed by atoms with Crippen LogP contribution in [0.1, 0.15) is 61.9 Å². The molecule has 0 radical (unpaired) electrons. The first kappa shape index (κ1) is 22.9. The van der Waals surface area contributed by atoms with Crippen LogP contribution in [0.4, 0.5) is 13.2 Å². The van der Waals surface area contributed by atoms with Crippen LogP contribution >= 0.6 is 0 Å². The van der Waals surface area contributed by atoms with Crippen LogP contribution in [-0.2, 0) is 6.18 Å². The van der Waals surface area contributed by atoms with Crippen LogP contribution in [0, 0.1) is 41.4 Å². The second-order valence-corrected chi connectivity index (χ2v) is 11.4. The number of carbonyl (C=O) groups excluding carboxylic acids is 1. The van der Waals surface area contributed by atoms with Crippen LogP contribution in [0.5, 0.6) is 11.5 Å². The number of para-hydroxylation sites is 1.